The lowest BCUT2D eigenvalue weighted by Crippen LogP contribution is -2.30. The minimum absolute atomic E-state index is 0.246. The molecule has 0 saturated carbocycles. The van der Waals surface area contributed by atoms with Crippen molar-refractivity contribution in [3.05, 3.63) is 333 Å². The van der Waals surface area contributed by atoms with Crippen LogP contribution in [0.4, 0.5) is 0 Å². The van der Waals surface area contributed by atoms with Crippen LogP contribution in [-0.2, 0) is 41.0 Å². The molecule has 8 aromatic carbocycles. The Hall–Kier alpha value is -12.0. The Morgan fingerprint density at radius 1 is 0.291 bits per heavy atom. The Bertz CT molecular complexity index is 6400. The summed E-state index contributed by atoms with van der Waals surface area (Å²) >= 11 is 0. The molecular formula is C109H118N8+4. The Balaban J connectivity index is 0.000000136. The molecule has 16 aromatic rings. The molecule has 0 radical (unpaired) electrons. The molecule has 8 heterocycles. The first-order valence-electron chi connectivity index (χ1n) is 41.6. The Morgan fingerprint density at radius 2 is 0.573 bits per heavy atom. The lowest BCUT2D eigenvalue weighted by molar-refractivity contribution is -0.659. The van der Waals surface area contributed by atoms with Crippen molar-refractivity contribution in [3.8, 4) is 89.5 Å². The number of pyridine rings is 8. The third-order valence-electron chi connectivity index (χ3n) is 23.4. The molecule has 0 fully saturated rings. The largest absolute Gasteiger partial charge is 0.261 e. The van der Waals surface area contributed by atoms with Crippen molar-refractivity contribution in [2.45, 2.75) is 157 Å². The summed E-state index contributed by atoms with van der Waals surface area (Å²) in [5.74, 6) is 1.07. The van der Waals surface area contributed by atoms with Gasteiger partial charge in [-0.2, -0.15) is 0 Å². The molecule has 8 heteroatoms. The second-order valence-electron chi connectivity index (χ2n) is 35.1. The third-order valence-corrected chi connectivity index (χ3v) is 23.4. The molecule has 0 amide bonds. The van der Waals surface area contributed by atoms with E-state index < -0.39 is 0 Å². The van der Waals surface area contributed by atoms with Gasteiger partial charge in [-0.25, -0.2) is 18.3 Å². The van der Waals surface area contributed by atoms with Gasteiger partial charge >= 0.3 is 0 Å². The molecular weight excluding hydrogens is 1420 g/mol. The molecule has 0 aliphatic rings. The van der Waals surface area contributed by atoms with E-state index in [0.717, 1.165) is 52.3 Å². The highest BCUT2D eigenvalue weighted by molar-refractivity contribution is 6.00. The summed E-state index contributed by atoms with van der Waals surface area (Å²) in [6, 6.07) is 71.4. The van der Waals surface area contributed by atoms with Gasteiger partial charge in [-0.15, -0.1) is 0 Å². The summed E-state index contributed by atoms with van der Waals surface area (Å²) in [7, 11) is 8.53. The zero-order valence-electron chi connectivity index (χ0n) is 73.7. The second-order valence-corrected chi connectivity index (χ2v) is 35.1. The zero-order chi connectivity index (χ0) is 83.6. The summed E-state index contributed by atoms with van der Waals surface area (Å²) in [6.07, 6.45) is 18.6. The SMILES string of the molecule is Cc1cc(C)c(C)c(-c2c3ccc(-c4ccc(C(C)C)nc4)cc3cc[n+]2C)c1.Cc1cc(C)c(C)c(-c2c3ccc(-c4ccc(C)nc4)cc3cc[n+]2C)c1.Cc1cc(C)c(C)c(-c2c3ccc(-c4ccc(CC(C)(C)C)nc4)cc3cc[n+]2C)c1.Cc1cc(C)c(C)c(-c2c3ccc(-c4ccc(CC(C)C)nc4)cc3cc[n+]2C)c1. The minimum Gasteiger partial charge on any atom is -0.261 e. The Kier molecular flexibility index (Phi) is 24.7. The Morgan fingerprint density at radius 3 is 0.829 bits per heavy atom. The van der Waals surface area contributed by atoms with E-state index in [1.165, 1.54) is 183 Å². The van der Waals surface area contributed by atoms with Crippen LogP contribution in [0.25, 0.3) is 133 Å². The van der Waals surface area contributed by atoms with Crippen molar-refractivity contribution in [2.75, 3.05) is 0 Å². The lowest BCUT2D eigenvalue weighted by Gasteiger charge is -2.17. The van der Waals surface area contributed by atoms with Gasteiger partial charge in [0.15, 0.2) is 24.8 Å². The Labute approximate surface area is 696 Å². The van der Waals surface area contributed by atoms with E-state index in [9.17, 15) is 0 Å². The second kappa shape index (κ2) is 34.8. The van der Waals surface area contributed by atoms with Gasteiger partial charge in [-0.05, 0) is 305 Å². The molecule has 0 bridgehead atoms. The quantitative estimate of drug-likeness (QED) is 0.114. The van der Waals surface area contributed by atoms with Crippen molar-refractivity contribution < 1.29 is 18.3 Å². The molecule has 0 N–H and O–H groups in total. The molecule has 0 aliphatic heterocycles. The van der Waals surface area contributed by atoms with Crippen LogP contribution in [0.1, 0.15) is 144 Å². The first-order chi connectivity index (χ1) is 55.7. The zero-order valence-corrected chi connectivity index (χ0v) is 73.7. The lowest BCUT2D eigenvalue weighted by atomic mass is 9.90. The smallest absolute Gasteiger partial charge is 0.220 e. The topological polar surface area (TPSA) is 67.1 Å². The van der Waals surface area contributed by atoms with Crippen molar-refractivity contribution in [2.24, 2.45) is 39.5 Å². The summed E-state index contributed by atoms with van der Waals surface area (Å²) in [5.41, 5.74) is 40.5. The number of hydrogen-bond acceptors (Lipinski definition) is 4. The summed E-state index contributed by atoms with van der Waals surface area (Å²) in [5, 5.41) is 10.1. The van der Waals surface area contributed by atoms with Gasteiger partial charge in [-0.1, -0.05) is 144 Å². The first kappa shape index (κ1) is 83.0. The van der Waals surface area contributed by atoms with E-state index in [4.69, 9.17) is 4.98 Å². The van der Waals surface area contributed by atoms with E-state index in [1.54, 1.807) is 0 Å². The summed E-state index contributed by atoms with van der Waals surface area (Å²) < 4.78 is 8.95. The van der Waals surface area contributed by atoms with Crippen LogP contribution in [0.15, 0.2) is 244 Å². The highest BCUT2D eigenvalue weighted by Gasteiger charge is 2.25. The number of benzene rings is 8. The van der Waals surface area contributed by atoms with Crippen molar-refractivity contribution in [3.63, 3.8) is 0 Å². The van der Waals surface area contributed by atoms with Crippen LogP contribution in [-0.4, -0.2) is 19.9 Å². The van der Waals surface area contributed by atoms with Gasteiger partial charge in [0.25, 0.3) is 0 Å². The fourth-order valence-electron chi connectivity index (χ4n) is 16.6. The van der Waals surface area contributed by atoms with Crippen LogP contribution in [0, 0.1) is 101 Å². The van der Waals surface area contributed by atoms with Crippen molar-refractivity contribution in [1.29, 1.82) is 0 Å². The highest BCUT2D eigenvalue weighted by Crippen LogP contribution is 2.39. The van der Waals surface area contributed by atoms with E-state index in [-0.39, 0.29) is 5.41 Å². The monoisotopic (exact) mass is 1540 g/mol. The van der Waals surface area contributed by atoms with E-state index in [0.29, 0.717) is 11.8 Å². The van der Waals surface area contributed by atoms with Crippen LogP contribution in [0.2, 0.25) is 0 Å². The predicted molar refractivity (Wildman–Crippen MR) is 493 cm³/mol. The highest BCUT2D eigenvalue weighted by atomic mass is 14.9. The number of rotatable bonds is 12. The number of aromatic nitrogens is 8. The number of hydrogen-bond donors (Lipinski definition) is 0. The summed E-state index contributed by atoms with van der Waals surface area (Å²) in [4.78, 5) is 18.5. The van der Waals surface area contributed by atoms with E-state index in [2.05, 4.69) is 412 Å². The van der Waals surface area contributed by atoms with Gasteiger partial charge in [0.05, 0.1) is 43.8 Å². The fraction of sp³-hybridized carbons (Fsp3) is 0.266. The van der Waals surface area contributed by atoms with E-state index in [1.807, 2.05) is 31.7 Å². The standard InChI is InChI=1S/C29H33N2.C28H31N2.C27H29N2.C25H25N2/c1-19-14-20(2)21(3)27(15-19)28-26-11-9-22(16-23(26)12-13-31(28)7)24-8-10-25(30-18-24)17-29(4,5)6;1-18(2)13-25-9-7-24(17-29-25)22-8-10-26-23(16-22)11-12-30(6)28(26)27-15-19(3)14-20(4)21(27)5;1-17(2)26-10-8-23(16-28-26)21-7-9-24-22(15-21)11-12-29(6)27(24)25-14-18(3)13-19(4)20(25)5;1-16-12-17(2)19(4)24(13-16)25-23-9-8-20(14-21(23)10-11-27(25)5)22-7-6-18(3)26-15-22/h8-16,18H,17H2,1-7H3;7-12,14-18H,13H2,1-6H3;7-17H,1-6H3;6-15H,1-5H3/q4*+1. The van der Waals surface area contributed by atoms with Crippen LogP contribution in [0.5, 0.6) is 0 Å². The van der Waals surface area contributed by atoms with Gasteiger partial charge < -0.3 is 0 Å². The molecule has 0 saturated heterocycles. The predicted octanol–water partition coefficient (Wildman–Crippen LogP) is 25.5. The molecule has 8 aromatic heterocycles. The van der Waals surface area contributed by atoms with E-state index >= 15 is 0 Å². The maximum Gasteiger partial charge on any atom is 0.220 e. The summed E-state index contributed by atoms with van der Waals surface area (Å²) in [6.45, 7) is 44.0. The minimum atomic E-state index is 0.246. The molecule has 8 nitrogen and oxygen atoms in total. The van der Waals surface area contributed by atoms with Crippen molar-refractivity contribution in [1.82, 2.24) is 19.9 Å². The maximum absolute atomic E-state index is 4.73. The van der Waals surface area contributed by atoms with Crippen molar-refractivity contribution >= 4 is 43.1 Å². The molecule has 0 spiro atoms. The number of nitrogens with zero attached hydrogens (tertiary/aromatic N) is 8. The van der Waals surface area contributed by atoms with Crippen LogP contribution >= 0.6 is 0 Å². The average molecular weight is 1540 g/mol. The molecule has 16 rings (SSSR count). The van der Waals surface area contributed by atoms with Gasteiger partial charge in [0.1, 0.15) is 28.2 Å². The normalized spacial score (nSPS) is 11.5. The molecule has 0 aliphatic carbocycles. The van der Waals surface area contributed by atoms with Gasteiger partial charge in [-0.3, -0.25) is 19.9 Å². The molecule has 0 unspecified atom stereocenters. The number of fused-ring (bicyclic) bond motifs is 4. The average Bonchev–Trinajstić information content (AvgIpc) is 0.779. The van der Waals surface area contributed by atoms with Crippen LogP contribution < -0.4 is 18.3 Å². The maximum atomic E-state index is 4.73. The van der Waals surface area contributed by atoms with Gasteiger partial charge in [0, 0.05) is 94.1 Å². The van der Waals surface area contributed by atoms with Crippen LogP contribution in [0.3, 0.4) is 0 Å². The number of aryl methyl sites for hydroxylation is 13. The fourth-order valence-corrected chi connectivity index (χ4v) is 16.6. The molecule has 590 valence electrons. The van der Waals surface area contributed by atoms with Gasteiger partial charge in [0.2, 0.25) is 22.8 Å². The molecule has 0 atom stereocenters. The third kappa shape index (κ3) is 18.6. The molecule has 117 heavy (non-hydrogen) atoms. The first-order valence-corrected chi connectivity index (χ1v) is 41.6.